The lowest BCUT2D eigenvalue weighted by Crippen LogP contribution is -2.07. The Morgan fingerprint density at radius 1 is 1.00 bits per heavy atom. The van der Waals surface area contributed by atoms with Crippen molar-refractivity contribution in [3.63, 3.8) is 0 Å². The maximum absolute atomic E-state index is 14.3. The molecule has 0 bridgehead atoms. The van der Waals surface area contributed by atoms with Crippen molar-refractivity contribution in [2.75, 3.05) is 25.0 Å². The first-order valence-corrected chi connectivity index (χ1v) is 7.41. The number of benzene rings is 1. The molecule has 1 heterocycles. The Balaban J connectivity index is 2.55. The maximum atomic E-state index is 14.3. The summed E-state index contributed by atoms with van der Waals surface area (Å²) in [5.74, 6) is -1.46. The van der Waals surface area contributed by atoms with Crippen LogP contribution >= 0.6 is 34.5 Å². The molecule has 0 spiro atoms. The Morgan fingerprint density at radius 3 is 2.16 bits per heavy atom. The van der Waals surface area contributed by atoms with Gasteiger partial charge >= 0.3 is 0 Å². The summed E-state index contributed by atoms with van der Waals surface area (Å²) in [4.78, 5) is 0. The average Bonchev–Trinajstić information content (AvgIpc) is 2.90. The van der Waals surface area contributed by atoms with E-state index in [1.807, 2.05) is 0 Å². The van der Waals surface area contributed by atoms with Crippen LogP contribution in [0.2, 0.25) is 0 Å². The van der Waals surface area contributed by atoms with Crippen molar-refractivity contribution < 1.29 is 18.3 Å². The van der Waals surface area contributed by atoms with Crippen LogP contribution in [0.15, 0.2) is 11.4 Å². The first-order valence-electron chi connectivity index (χ1n) is 5.46. The highest BCUT2D eigenvalue weighted by Crippen LogP contribution is 2.41. The standard InChI is InChI=1S/C12H10Cl2F2O2S/c13-2-4-17-10-8(15)7-1-6-19-12(7)9(16)11(10)18-5-3-14/h1,6H,2-5H2. The van der Waals surface area contributed by atoms with E-state index in [2.05, 4.69) is 0 Å². The largest absolute Gasteiger partial charge is 0.486 e. The topological polar surface area (TPSA) is 18.5 Å². The maximum Gasteiger partial charge on any atom is 0.201 e. The van der Waals surface area contributed by atoms with Crippen LogP contribution in [0, 0.1) is 11.6 Å². The number of rotatable bonds is 6. The summed E-state index contributed by atoms with van der Waals surface area (Å²) in [5, 5.41) is 1.78. The van der Waals surface area contributed by atoms with Crippen molar-refractivity contribution in [2.24, 2.45) is 0 Å². The summed E-state index contributed by atoms with van der Waals surface area (Å²) in [6, 6.07) is 1.50. The van der Waals surface area contributed by atoms with Gasteiger partial charge < -0.3 is 9.47 Å². The van der Waals surface area contributed by atoms with Crippen LogP contribution in [0.3, 0.4) is 0 Å². The Hall–Kier alpha value is -0.780. The van der Waals surface area contributed by atoms with Gasteiger partial charge in [-0.25, -0.2) is 8.78 Å². The van der Waals surface area contributed by atoms with Crippen LogP contribution in [0.1, 0.15) is 0 Å². The van der Waals surface area contributed by atoms with E-state index < -0.39 is 11.6 Å². The molecule has 19 heavy (non-hydrogen) atoms. The zero-order valence-corrected chi connectivity index (χ0v) is 12.0. The van der Waals surface area contributed by atoms with Crippen LogP contribution < -0.4 is 9.47 Å². The van der Waals surface area contributed by atoms with E-state index in [0.717, 1.165) is 11.3 Å². The van der Waals surface area contributed by atoms with Crippen molar-refractivity contribution in [3.05, 3.63) is 23.1 Å². The van der Waals surface area contributed by atoms with Crippen LogP contribution in [0.5, 0.6) is 11.5 Å². The van der Waals surface area contributed by atoms with E-state index in [-0.39, 0.29) is 46.6 Å². The van der Waals surface area contributed by atoms with E-state index in [9.17, 15) is 8.78 Å². The molecule has 2 aromatic rings. The highest BCUT2D eigenvalue weighted by Gasteiger charge is 2.23. The van der Waals surface area contributed by atoms with Gasteiger partial charge in [-0.1, -0.05) is 0 Å². The highest BCUT2D eigenvalue weighted by atomic mass is 35.5. The van der Waals surface area contributed by atoms with Crippen LogP contribution in [0.25, 0.3) is 10.1 Å². The summed E-state index contributed by atoms with van der Waals surface area (Å²) in [6.07, 6.45) is 0. The highest BCUT2D eigenvalue weighted by molar-refractivity contribution is 7.17. The Labute approximate surface area is 122 Å². The predicted octanol–water partition coefficient (Wildman–Crippen LogP) is 4.41. The molecule has 2 nitrogen and oxygen atoms in total. The molecule has 0 unspecified atom stereocenters. The molecule has 0 aliphatic heterocycles. The fourth-order valence-electron chi connectivity index (χ4n) is 1.62. The number of thiophene rings is 1. The van der Waals surface area contributed by atoms with Gasteiger partial charge in [0.1, 0.15) is 13.2 Å². The molecule has 0 N–H and O–H groups in total. The van der Waals surface area contributed by atoms with Crippen molar-refractivity contribution in [2.45, 2.75) is 0 Å². The third-order valence-electron chi connectivity index (χ3n) is 2.35. The zero-order chi connectivity index (χ0) is 13.8. The number of halogens is 4. The van der Waals surface area contributed by atoms with Gasteiger partial charge in [0, 0.05) is 5.39 Å². The lowest BCUT2D eigenvalue weighted by atomic mass is 10.2. The summed E-state index contributed by atoms with van der Waals surface area (Å²) < 4.78 is 39.0. The van der Waals surface area contributed by atoms with Crippen molar-refractivity contribution in [3.8, 4) is 11.5 Å². The fraction of sp³-hybridized carbons (Fsp3) is 0.333. The minimum absolute atomic E-state index is 0.0603. The molecule has 0 saturated carbocycles. The second kappa shape index (κ2) is 6.59. The first kappa shape index (κ1) is 14.6. The molecular weight excluding hydrogens is 317 g/mol. The summed E-state index contributed by atoms with van der Waals surface area (Å²) in [6.45, 7) is 0.122. The third-order valence-corrected chi connectivity index (χ3v) is 3.57. The number of hydrogen-bond acceptors (Lipinski definition) is 3. The molecule has 0 radical (unpaired) electrons. The number of ether oxygens (including phenoxy) is 2. The molecule has 1 aromatic carbocycles. The van der Waals surface area contributed by atoms with Gasteiger partial charge in [-0.2, -0.15) is 0 Å². The summed E-state index contributed by atoms with van der Waals surface area (Å²) >= 11 is 12.1. The van der Waals surface area contributed by atoms with Crippen molar-refractivity contribution >= 4 is 44.6 Å². The summed E-state index contributed by atoms with van der Waals surface area (Å²) in [7, 11) is 0. The third kappa shape index (κ3) is 2.88. The molecule has 0 atom stereocenters. The van der Waals surface area contributed by atoms with E-state index >= 15 is 0 Å². The normalized spacial score (nSPS) is 10.9. The van der Waals surface area contributed by atoms with Crippen LogP contribution in [0.4, 0.5) is 8.78 Å². The fourth-order valence-corrected chi connectivity index (χ4v) is 2.59. The van der Waals surface area contributed by atoms with Crippen molar-refractivity contribution in [1.29, 1.82) is 0 Å². The summed E-state index contributed by atoms with van der Waals surface area (Å²) in [5.41, 5.74) is 0. The van der Waals surface area contributed by atoms with Crippen LogP contribution in [-0.2, 0) is 0 Å². The van der Waals surface area contributed by atoms with Gasteiger partial charge in [-0.05, 0) is 11.4 Å². The Kier molecular flexibility index (Phi) is 5.07. The van der Waals surface area contributed by atoms with Crippen LogP contribution in [-0.4, -0.2) is 25.0 Å². The first-order chi connectivity index (χ1) is 9.20. The SMILES string of the molecule is Fc1c(OCCCl)c(OCCCl)c(F)c2sccc12. The lowest BCUT2D eigenvalue weighted by Gasteiger charge is -2.14. The van der Waals surface area contributed by atoms with E-state index in [1.165, 1.54) is 6.07 Å². The van der Waals surface area contributed by atoms with Gasteiger partial charge in [-0.15, -0.1) is 34.5 Å². The molecule has 0 aliphatic rings. The second-order valence-corrected chi connectivity index (χ2v) is 5.20. The number of fused-ring (bicyclic) bond motifs is 1. The lowest BCUT2D eigenvalue weighted by molar-refractivity contribution is 0.269. The number of hydrogen-bond donors (Lipinski definition) is 0. The second-order valence-electron chi connectivity index (χ2n) is 3.52. The monoisotopic (exact) mass is 326 g/mol. The van der Waals surface area contributed by atoms with Gasteiger partial charge in [0.2, 0.25) is 11.5 Å². The molecule has 0 aliphatic carbocycles. The molecule has 7 heteroatoms. The zero-order valence-electron chi connectivity index (χ0n) is 9.72. The molecule has 2 rings (SSSR count). The van der Waals surface area contributed by atoms with E-state index in [1.54, 1.807) is 5.38 Å². The molecular formula is C12H10Cl2F2O2S. The van der Waals surface area contributed by atoms with Gasteiger partial charge in [0.05, 0.1) is 16.5 Å². The van der Waals surface area contributed by atoms with Gasteiger partial charge in [0.25, 0.3) is 0 Å². The molecule has 0 amide bonds. The number of alkyl halides is 2. The van der Waals surface area contributed by atoms with Gasteiger partial charge in [0.15, 0.2) is 11.6 Å². The minimum atomic E-state index is -0.646. The average molecular weight is 327 g/mol. The molecule has 1 aromatic heterocycles. The predicted molar refractivity (Wildman–Crippen MR) is 74.2 cm³/mol. The quantitative estimate of drug-likeness (QED) is 0.732. The van der Waals surface area contributed by atoms with E-state index in [0.29, 0.717) is 0 Å². The smallest absolute Gasteiger partial charge is 0.201 e. The molecule has 0 saturated heterocycles. The Morgan fingerprint density at radius 2 is 1.58 bits per heavy atom. The molecule has 104 valence electrons. The van der Waals surface area contributed by atoms with Gasteiger partial charge in [-0.3, -0.25) is 0 Å². The van der Waals surface area contributed by atoms with Crippen molar-refractivity contribution in [1.82, 2.24) is 0 Å². The molecule has 0 fully saturated rings. The van der Waals surface area contributed by atoms with E-state index in [4.69, 9.17) is 32.7 Å². The minimum Gasteiger partial charge on any atom is -0.486 e. The Bertz CT molecular complexity index is 526.